The van der Waals surface area contributed by atoms with Gasteiger partial charge in [0, 0.05) is 32.0 Å². The number of esters is 3. The lowest BCUT2D eigenvalue weighted by Gasteiger charge is -2.31. The molecule has 3 aliphatic rings. The number of hydrogen-bond acceptors (Lipinski definition) is 7. The van der Waals surface area contributed by atoms with Gasteiger partial charge in [-0.25, -0.2) is 9.59 Å². The van der Waals surface area contributed by atoms with Crippen molar-refractivity contribution >= 4 is 17.9 Å². The summed E-state index contributed by atoms with van der Waals surface area (Å²) >= 11 is 0. The Bertz CT molecular complexity index is 752. The minimum atomic E-state index is -1.67. The van der Waals surface area contributed by atoms with Crippen molar-refractivity contribution < 1.29 is 28.6 Å². The highest BCUT2D eigenvalue weighted by molar-refractivity contribution is 5.91. The average Bonchev–Trinajstić information content (AvgIpc) is 3.18. The third kappa shape index (κ3) is 3.56. The van der Waals surface area contributed by atoms with E-state index < -0.39 is 23.5 Å². The standard InChI is InChI=1S/C20H25NO6/c1-5-14-10-12(2)20(4,27-13(3)22)19(24)25-11-15-6-8-21-9-7-16(17(15)21)26-18(14)23/h5-6,16-17H,2,7-11H2,1,3-4H3/b14-5+/t16-,17-,20-/m0/s1. The minimum Gasteiger partial charge on any atom is -0.458 e. The molecule has 0 N–H and O–H groups in total. The third-order valence-electron chi connectivity index (χ3n) is 5.47. The number of rotatable bonds is 1. The molecule has 3 heterocycles. The van der Waals surface area contributed by atoms with Crippen LogP contribution in [-0.4, -0.2) is 60.3 Å². The van der Waals surface area contributed by atoms with E-state index in [0.717, 1.165) is 25.1 Å². The molecular weight excluding hydrogens is 350 g/mol. The van der Waals surface area contributed by atoms with Gasteiger partial charge in [0.1, 0.15) is 12.7 Å². The molecule has 146 valence electrons. The minimum absolute atomic E-state index is 0.0536. The summed E-state index contributed by atoms with van der Waals surface area (Å²) in [6.45, 7) is 9.89. The summed E-state index contributed by atoms with van der Waals surface area (Å²) in [4.78, 5) is 39.3. The highest BCUT2D eigenvalue weighted by Gasteiger charge is 2.46. The lowest BCUT2D eigenvalue weighted by Crippen LogP contribution is -2.45. The fourth-order valence-electron chi connectivity index (χ4n) is 3.86. The molecule has 27 heavy (non-hydrogen) atoms. The van der Waals surface area contributed by atoms with Crippen molar-refractivity contribution in [2.75, 3.05) is 19.7 Å². The largest absolute Gasteiger partial charge is 0.458 e. The van der Waals surface area contributed by atoms with Crippen LogP contribution in [0.3, 0.4) is 0 Å². The molecule has 7 nitrogen and oxygen atoms in total. The Hall–Kier alpha value is -2.41. The number of allylic oxidation sites excluding steroid dienone is 1. The smallest absolute Gasteiger partial charge is 0.355 e. The molecular formula is C20H25NO6. The van der Waals surface area contributed by atoms with Crippen LogP contribution >= 0.6 is 0 Å². The summed E-state index contributed by atoms with van der Waals surface area (Å²) in [5.41, 5.74) is -0.142. The first-order valence-electron chi connectivity index (χ1n) is 9.10. The van der Waals surface area contributed by atoms with Crippen LogP contribution in [0.25, 0.3) is 0 Å². The average molecular weight is 375 g/mol. The van der Waals surface area contributed by atoms with Gasteiger partial charge in [0.05, 0.1) is 6.04 Å². The molecule has 0 aromatic heterocycles. The summed E-state index contributed by atoms with van der Waals surface area (Å²) in [5, 5.41) is 0. The monoisotopic (exact) mass is 375 g/mol. The first kappa shape index (κ1) is 19.4. The van der Waals surface area contributed by atoms with Gasteiger partial charge >= 0.3 is 17.9 Å². The fourth-order valence-corrected chi connectivity index (χ4v) is 3.86. The summed E-state index contributed by atoms with van der Waals surface area (Å²) in [5.74, 6) is -1.76. The molecule has 0 amide bonds. The van der Waals surface area contributed by atoms with Crippen LogP contribution in [0.2, 0.25) is 0 Å². The molecule has 0 unspecified atom stereocenters. The van der Waals surface area contributed by atoms with E-state index in [9.17, 15) is 14.4 Å². The first-order chi connectivity index (χ1) is 12.8. The highest BCUT2D eigenvalue weighted by Crippen LogP contribution is 2.34. The molecule has 0 bridgehead atoms. The number of cyclic esters (lactones) is 1. The van der Waals surface area contributed by atoms with Crippen LogP contribution in [0.4, 0.5) is 0 Å². The van der Waals surface area contributed by atoms with Crippen LogP contribution in [0, 0.1) is 0 Å². The summed E-state index contributed by atoms with van der Waals surface area (Å²) in [6.07, 6.45) is 4.16. The molecule has 0 radical (unpaired) electrons. The summed E-state index contributed by atoms with van der Waals surface area (Å²) in [6, 6.07) is -0.0811. The quantitative estimate of drug-likeness (QED) is 0.298. The van der Waals surface area contributed by atoms with E-state index in [-0.39, 0.29) is 30.7 Å². The molecule has 0 aliphatic carbocycles. The van der Waals surface area contributed by atoms with E-state index in [4.69, 9.17) is 14.2 Å². The van der Waals surface area contributed by atoms with Gasteiger partial charge in [-0.15, -0.1) is 0 Å². The molecule has 0 spiro atoms. The lowest BCUT2D eigenvalue weighted by molar-refractivity contribution is -0.174. The van der Waals surface area contributed by atoms with E-state index in [1.54, 1.807) is 13.0 Å². The van der Waals surface area contributed by atoms with Crippen molar-refractivity contribution in [3.05, 3.63) is 35.5 Å². The van der Waals surface area contributed by atoms with Gasteiger partial charge in [-0.1, -0.05) is 18.7 Å². The zero-order valence-electron chi connectivity index (χ0n) is 15.9. The van der Waals surface area contributed by atoms with Gasteiger partial charge < -0.3 is 14.2 Å². The van der Waals surface area contributed by atoms with E-state index >= 15 is 0 Å². The summed E-state index contributed by atoms with van der Waals surface area (Å²) < 4.78 is 16.6. The Morgan fingerprint density at radius 2 is 2.19 bits per heavy atom. The van der Waals surface area contributed by atoms with Crippen LogP contribution in [0.15, 0.2) is 35.5 Å². The second-order valence-electron chi connectivity index (χ2n) is 7.25. The van der Waals surface area contributed by atoms with Gasteiger partial charge in [-0.2, -0.15) is 0 Å². The Morgan fingerprint density at radius 1 is 1.44 bits per heavy atom. The molecule has 0 saturated carbocycles. The summed E-state index contributed by atoms with van der Waals surface area (Å²) in [7, 11) is 0. The van der Waals surface area contributed by atoms with Crippen molar-refractivity contribution in [2.45, 2.75) is 51.4 Å². The molecule has 2 saturated heterocycles. The van der Waals surface area contributed by atoms with Crippen LogP contribution < -0.4 is 0 Å². The van der Waals surface area contributed by atoms with Gasteiger partial charge in [-0.3, -0.25) is 9.69 Å². The normalized spacial score (nSPS) is 33.5. The predicted molar refractivity (Wildman–Crippen MR) is 96.6 cm³/mol. The van der Waals surface area contributed by atoms with Crippen molar-refractivity contribution in [2.24, 2.45) is 0 Å². The van der Waals surface area contributed by atoms with Crippen LogP contribution in [0.5, 0.6) is 0 Å². The van der Waals surface area contributed by atoms with Crippen molar-refractivity contribution in [3.8, 4) is 0 Å². The molecule has 3 aliphatic heterocycles. The van der Waals surface area contributed by atoms with Gasteiger partial charge in [0.2, 0.25) is 5.60 Å². The molecule has 3 rings (SSSR count). The number of carbonyl (C=O) groups excluding carboxylic acids is 3. The molecule has 3 atom stereocenters. The molecule has 0 aromatic rings. The second kappa shape index (κ2) is 7.31. The SMILES string of the molecule is C=C1C/C(=C\C)C(=O)O[C@H]2CCN3CC=C(COC(=O)[C@@]1(C)OC(C)=O)[C@@H]23. The maximum atomic E-state index is 12.8. The topological polar surface area (TPSA) is 82.1 Å². The fraction of sp³-hybridized carbons (Fsp3) is 0.550. The number of carbonyl (C=O) groups is 3. The van der Waals surface area contributed by atoms with Gasteiger partial charge in [-0.05, 0) is 31.4 Å². The predicted octanol–water partition coefficient (Wildman–Crippen LogP) is 1.68. The van der Waals surface area contributed by atoms with Crippen molar-refractivity contribution in [1.82, 2.24) is 4.90 Å². The van der Waals surface area contributed by atoms with Crippen LogP contribution in [-0.2, 0) is 28.6 Å². The van der Waals surface area contributed by atoms with Crippen molar-refractivity contribution in [3.63, 3.8) is 0 Å². The number of ether oxygens (including phenoxy) is 3. The zero-order valence-corrected chi connectivity index (χ0v) is 15.9. The van der Waals surface area contributed by atoms with E-state index in [0.29, 0.717) is 5.57 Å². The molecule has 0 aromatic carbocycles. The van der Waals surface area contributed by atoms with E-state index in [1.807, 2.05) is 6.08 Å². The number of nitrogens with zero attached hydrogens (tertiary/aromatic N) is 1. The molecule has 2 fully saturated rings. The Kier molecular flexibility index (Phi) is 5.24. The van der Waals surface area contributed by atoms with Gasteiger partial charge in [0.15, 0.2) is 0 Å². The number of hydrogen-bond donors (Lipinski definition) is 0. The van der Waals surface area contributed by atoms with Crippen molar-refractivity contribution in [1.29, 1.82) is 0 Å². The lowest BCUT2D eigenvalue weighted by atomic mass is 9.90. The Balaban J connectivity index is 1.95. The third-order valence-corrected chi connectivity index (χ3v) is 5.47. The zero-order chi connectivity index (χ0) is 19.8. The maximum absolute atomic E-state index is 12.8. The molecule has 7 heteroatoms. The van der Waals surface area contributed by atoms with E-state index in [1.165, 1.54) is 13.8 Å². The Morgan fingerprint density at radius 3 is 2.85 bits per heavy atom. The second-order valence-corrected chi connectivity index (χ2v) is 7.25. The maximum Gasteiger partial charge on any atom is 0.355 e. The first-order valence-corrected chi connectivity index (χ1v) is 9.10. The Labute approximate surface area is 158 Å². The van der Waals surface area contributed by atoms with Crippen LogP contribution in [0.1, 0.15) is 33.6 Å². The van der Waals surface area contributed by atoms with Gasteiger partial charge in [0.25, 0.3) is 0 Å². The van der Waals surface area contributed by atoms with E-state index in [2.05, 4.69) is 11.5 Å². The highest BCUT2D eigenvalue weighted by atomic mass is 16.6.